The van der Waals surface area contributed by atoms with Crippen molar-refractivity contribution in [3.8, 4) is 0 Å². The second kappa shape index (κ2) is 66.4. The second-order valence-corrected chi connectivity index (χ2v) is 30.2. The summed E-state index contributed by atoms with van der Waals surface area (Å²) in [5.41, 5.74) is 0. The van der Waals surface area contributed by atoms with E-state index in [1.165, 1.54) is 154 Å². The lowest BCUT2D eigenvalue weighted by Gasteiger charge is -2.21. The van der Waals surface area contributed by atoms with Crippen LogP contribution in [-0.4, -0.2) is 96.7 Å². The normalized spacial score (nSPS) is 14.2. The zero-order valence-electron chi connectivity index (χ0n) is 60.7. The summed E-state index contributed by atoms with van der Waals surface area (Å²) in [4.78, 5) is 72.7. The first-order valence-electron chi connectivity index (χ1n) is 38.3. The smallest absolute Gasteiger partial charge is 0.462 e. The summed E-state index contributed by atoms with van der Waals surface area (Å²) in [6.45, 7) is 9.48. The molecule has 19 heteroatoms. The molecule has 0 aromatic carbocycles. The predicted molar refractivity (Wildman–Crippen MR) is 381 cm³/mol. The van der Waals surface area contributed by atoms with Crippen LogP contribution in [-0.2, 0) is 65.4 Å². The minimum Gasteiger partial charge on any atom is -0.462 e. The van der Waals surface area contributed by atoms with Crippen molar-refractivity contribution in [2.75, 3.05) is 39.6 Å². The van der Waals surface area contributed by atoms with Gasteiger partial charge in [-0.1, -0.05) is 310 Å². The van der Waals surface area contributed by atoms with Crippen molar-refractivity contribution in [3.63, 3.8) is 0 Å². The number of esters is 4. The topological polar surface area (TPSA) is 237 Å². The standard InChI is InChI=1S/C75H142O17P2/c1-7-9-11-13-15-17-19-21-22-26-29-33-39-45-51-57-72(77)85-63-70(91-75(80)60-54-48-41-35-31-27-23-25-28-32-37-43-49-55-67(3)4)65-89-93(81,82)87-61-69(76)62-88-94(83,84)90-66-71(64-86-73(78)58-52-46-42-36-38-44-50-56-68(5)6)92-74(79)59-53-47-40-34-30-24-20-18-16-14-12-10-8-2/h17,19,21-22,67-71,76H,7-16,18,20,23-66H2,1-6H3,(H,81,82)(H,83,84)/b19-17-,22-21-/t69-,70-,71-/m1/s1. The van der Waals surface area contributed by atoms with E-state index in [2.05, 4.69) is 65.8 Å². The van der Waals surface area contributed by atoms with Crippen molar-refractivity contribution in [3.05, 3.63) is 24.3 Å². The average Bonchev–Trinajstić information content (AvgIpc) is 2.29. The lowest BCUT2D eigenvalue weighted by molar-refractivity contribution is -0.161. The fraction of sp³-hybridized carbons (Fsp3) is 0.893. The summed E-state index contributed by atoms with van der Waals surface area (Å²) in [6, 6.07) is 0. The Morgan fingerprint density at radius 1 is 0.330 bits per heavy atom. The Bertz CT molecular complexity index is 1910. The molecule has 0 aliphatic heterocycles. The molecule has 5 atom stereocenters. The summed E-state index contributed by atoms with van der Waals surface area (Å²) >= 11 is 0. The van der Waals surface area contributed by atoms with Gasteiger partial charge in [0.1, 0.15) is 19.3 Å². The van der Waals surface area contributed by atoms with Crippen molar-refractivity contribution < 1.29 is 80.2 Å². The van der Waals surface area contributed by atoms with Gasteiger partial charge in [0.2, 0.25) is 0 Å². The molecule has 17 nitrogen and oxygen atoms in total. The Labute approximate surface area is 573 Å². The van der Waals surface area contributed by atoms with E-state index in [0.29, 0.717) is 31.6 Å². The minimum absolute atomic E-state index is 0.100. The minimum atomic E-state index is -4.96. The van der Waals surface area contributed by atoms with Crippen LogP contribution in [0.2, 0.25) is 0 Å². The van der Waals surface area contributed by atoms with E-state index in [9.17, 15) is 43.2 Å². The van der Waals surface area contributed by atoms with Gasteiger partial charge in [-0.05, 0) is 63.2 Å². The average molecular weight is 1380 g/mol. The van der Waals surface area contributed by atoms with Crippen molar-refractivity contribution in [1.82, 2.24) is 0 Å². The van der Waals surface area contributed by atoms with Gasteiger partial charge in [-0.15, -0.1) is 0 Å². The molecule has 0 aliphatic rings. The number of carbonyl (C=O) groups is 4. The highest BCUT2D eigenvalue weighted by Gasteiger charge is 2.30. The van der Waals surface area contributed by atoms with Crippen molar-refractivity contribution in [1.29, 1.82) is 0 Å². The second-order valence-electron chi connectivity index (χ2n) is 27.3. The summed E-state index contributed by atoms with van der Waals surface area (Å²) < 4.78 is 68.4. The molecule has 554 valence electrons. The third kappa shape index (κ3) is 68.1. The van der Waals surface area contributed by atoms with Crippen LogP contribution in [0.25, 0.3) is 0 Å². The zero-order chi connectivity index (χ0) is 69.3. The molecular weight excluding hydrogens is 1230 g/mol. The van der Waals surface area contributed by atoms with Crippen LogP contribution in [0.15, 0.2) is 24.3 Å². The highest BCUT2D eigenvalue weighted by Crippen LogP contribution is 2.45. The van der Waals surface area contributed by atoms with Crippen LogP contribution in [0.1, 0.15) is 363 Å². The van der Waals surface area contributed by atoms with Gasteiger partial charge in [-0.25, -0.2) is 9.13 Å². The summed E-state index contributed by atoms with van der Waals surface area (Å²) in [7, 11) is -9.92. The zero-order valence-corrected chi connectivity index (χ0v) is 62.5. The molecule has 0 rings (SSSR count). The van der Waals surface area contributed by atoms with Gasteiger partial charge in [0.15, 0.2) is 12.2 Å². The molecule has 0 heterocycles. The highest BCUT2D eigenvalue weighted by atomic mass is 31.2. The largest absolute Gasteiger partial charge is 0.472 e. The third-order valence-corrected chi connectivity index (χ3v) is 18.7. The summed E-state index contributed by atoms with van der Waals surface area (Å²) in [5, 5.41) is 10.6. The van der Waals surface area contributed by atoms with Crippen LogP contribution in [0.3, 0.4) is 0 Å². The molecule has 0 aromatic heterocycles. The molecule has 0 saturated carbocycles. The number of phosphoric acid groups is 2. The van der Waals surface area contributed by atoms with Gasteiger partial charge in [0.25, 0.3) is 0 Å². The molecule has 0 radical (unpaired) electrons. The van der Waals surface area contributed by atoms with E-state index in [-0.39, 0.29) is 25.7 Å². The summed E-state index contributed by atoms with van der Waals surface area (Å²) in [6.07, 6.45) is 56.3. The number of ether oxygens (including phenoxy) is 4. The quantitative estimate of drug-likeness (QED) is 0.0169. The monoisotopic (exact) mass is 1380 g/mol. The predicted octanol–water partition coefficient (Wildman–Crippen LogP) is 21.5. The maximum absolute atomic E-state index is 13.1. The Kier molecular flexibility index (Phi) is 64.7. The van der Waals surface area contributed by atoms with Crippen LogP contribution in [0, 0.1) is 11.8 Å². The van der Waals surface area contributed by atoms with E-state index in [1.807, 2.05) is 0 Å². The van der Waals surface area contributed by atoms with Gasteiger partial charge in [0.05, 0.1) is 26.4 Å². The fourth-order valence-electron chi connectivity index (χ4n) is 10.9. The maximum Gasteiger partial charge on any atom is 0.472 e. The Hall–Kier alpha value is -2.46. The van der Waals surface area contributed by atoms with Gasteiger partial charge in [-0.3, -0.25) is 37.3 Å². The molecule has 94 heavy (non-hydrogen) atoms. The number of hydrogen-bond acceptors (Lipinski definition) is 15. The first-order chi connectivity index (χ1) is 45.4. The van der Waals surface area contributed by atoms with Crippen LogP contribution in [0.4, 0.5) is 0 Å². The molecule has 0 amide bonds. The third-order valence-electron chi connectivity index (χ3n) is 16.8. The van der Waals surface area contributed by atoms with E-state index in [4.69, 9.17) is 37.0 Å². The van der Waals surface area contributed by atoms with Crippen molar-refractivity contribution >= 4 is 39.5 Å². The van der Waals surface area contributed by atoms with E-state index >= 15 is 0 Å². The number of phosphoric ester groups is 2. The van der Waals surface area contributed by atoms with Crippen LogP contribution >= 0.6 is 15.6 Å². The van der Waals surface area contributed by atoms with Gasteiger partial charge >= 0.3 is 39.5 Å². The number of unbranched alkanes of at least 4 members (excludes halogenated alkanes) is 39. The fourth-order valence-corrected chi connectivity index (χ4v) is 12.5. The first kappa shape index (κ1) is 91.5. The Morgan fingerprint density at radius 2 is 0.574 bits per heavy atom. The van der Waals surface area contributed by atoms with Crippen molar-refractivity contribution in [2.24, 2.45) is 11.8 Å². The Morgan fingerprint density at radius 3 is 0.872 bits per heavy atom. The van der Waals surface area contributed by atoms with E-state index < -0.39 is 97.5 Å². The summed E-state index contributed by atoms with van der Waals surface area (Å²) in [5.74, 6) is -0.659. The van der Waals surface area contributed by atoms with Gasteiger partial charge < -0.3 is 33.8 Å². The number of rotatable bonds is 72. The first-order valence-corrected chi connectivity index (χ1v) is 41.3. The molecule has 0 aliphatic carbocycles. The van der Waals surface area contributed by atoms with Gasteiger partial charge in [-0.2, -0.15) is 0 Å². The molecule has 2 unspecified atom stereocenters. The Balaban J connectivity index is 5.29. The number of carbonyl (C=O) groups excluding carboxylic acids is 4. The lowest BCUT2D eigenvalue weighted by Crippen LogP contribution is -2.30. The van der Waals surface area contributed by atoms with E-state index in [0.717, 1.165) is 121 Å². The number of allylic oxidation sites excluding steroid dienone is 4. The highest BCUT2D eigenvalue weighted by molar-refractivity contribution is 7.47. The van der Waals surface area contributed by atoms with E-state index in [1.54, 1.807) is 0 Å². The molecule has 0 saturated heterocycles. The van der Waals surface area contributed by atoms with Crippen molar-refractivity contribution in [2.45, 2.75) is 381 Å². The lowest BCUT2D eigenvalue weighted by atomic mass is 10.0. The molecule has 0 aromatic rings. The number of hydrogen-bond donors (Lipinski definition) is 3. The van der Waals surface area contributed by atoms with Crippen LogP contribution in [0.5, 0.6) is 0 Å². The van der Waals surface area contributed by atoms with Crippen LogP contribution < -0.4 is 0 Å². The SMILES string of the molecule is CCCCCC/C=C\C=C/CCCCCCCC(=O)OC[C@H](COP(=O)(O)OC[C@@H](O)COP(=O)(O)OC[C@@H](COC(=O)CCCCCCCCCC(C)C)OC(=O)CCCCCCCCCCCCCCC)OC(=O)CCCCCCCCCCCCCCCC(C)C. The number of aliphatic hydroxyl groups excluding tert-OH is 1. The molecular formula is C75H142O17P2. The maximum atomic E-state index is 13.1. The van der Waals surface area contributed by atoms with Gasteiger partial charge in [0, 0.05) is 25.7 Å². The molecule has 3 N–H and O–H groups in total. The number of aliphatic hydroxyl groups is 1. The molecule has 0 fully saturated rings. The molecule has 0 bridgehead atoms. The molecule has 0 spiro atoms.